The molecule has 0 aliphatic carbocycles. The molecule has 0 bridgehead atoms. The highest BCUT2D eigenvalue weighted by molar-refractivity contribution is 7.89. The Morgan fingerprint density at radius 3 is 2.55 bits per heavy atom. The Kier molecular flexibility index (Phi) is 4.21. The lowest BCUT2D eigenvalue weighted by molar-refractivity contribution is 0.338. The monoisotopic (exact) mass is 294 g/mol. The maximum absolute atomic E-state index is 11.1. The Hall–Kier alpha value is -2.12. The summed E-state index contributed by atoms with van der Waals surface area (Å²) in [5, 5.41) is 4.99. The zero-order valence-electron chi connectivity index (χ0n) is 10.8. The van der Waals surface area contributed by atoms with Gasteiger partial charge in [-0.25, -0.2) is 18.5 Å². The molecule has 2 aromatic rings. The molecule has 0 radical (unpaired) electrons. The van der Waals surface area contributed by atoms with E-state index in [0.717, 1.165) is 6.20 Å². The van der Waals surface area contributed by atoms with Gasteiger partial charge in [-0.05, 0) is 25.1 Å². The molecule has 0 fully saturated rings. The Labute approximate surface area is 117 Å². The molecule has 6 nitrogen and oxygen atoms in total. The van der Waals surface area contributed by atoms with Crippen LogP contribution in [-0.2, 0) is 10.0 Å². The number of rotatable bonds is 5. The van der Waals surface area contributed by atoms with E-state index >= 15 is 0 Å². The van der Waals surface area contributed by atoms with E-state index in [1.54, 1.807) is 18.2 Å². The molecule has 0 saturated heterocycles. The Balaban J connectivity index is 2.16. The quantitative estimate of drug-likeness (QED) is 0.909. The molecule has 1 aromatic heterocycles. The number of sulfonamides is 1. The van der Waals surface area contributed by atoms with Crippen LogP contribution in [0.15, 0.2) is 47.5 Å². The second-order valence-electron chi connectivity index (χ2n) is 3.89. The number of aromatic nitrogens is 1. The van der Waals surface area contributed by atoms with Crippen molar-refractivity contribution in [2.45, 2.75) is 11.8 Å². The van der Waals surface area contributed by atoms with Gasteiger partial charge in [0.25, 0.3) is 0 Å². The molecular weight excluding hydrogens is 280 g/mol. The van der Waals surface area contributed by atoms with Crippen molar-refractivity contribution >= 4 is 10.0 Å². The van der Waals surface area contributed by atoms with Gasteiger partial charge in [-0.2, -0.15) is 0 Å². The molecule has 7 heteroatoms. The summed E-state index contributed by atoms with van der Waals surface area (Å²) in [5.74, 6) is 1.50. The van der Waals surface area contributed by atoms with Crippen molar-refractivity contribution in [3.63, 3.8) is 0 Å². The average Bonchev–Trinajstić information content (AvgIpc) is 2.39. The number of nitrogens with zero attached hydrogens (tertiary/aromatic N) is 1. The maximum Gasteiger partial charge on any atom is 0.239 e. The van der Waals surface area contributed by atoms with Gasteiger partial charge < -0.3 is 9.47 Å². The van der Waals surface area contributed by atoms with Gasteiger partial charge in [0.2, 0.25) is 15.9 Å². The molecule has 0 amide bonds. The van der Waals surface area contributed by atoms with Crippen LogP contribution in [-0.4, -0.2) is 20.0 Å². The first-order chi connectivity index (χ1) is 9.49. The predicted octanol–water partition coefficient (Wildman–Crippen LogP) is 1.92. The second kappa shape index (κ2) is 5.89. The highest BCUT2D eigenvalue weighted by Gasteiger charge is 2.08. The summed E-state index contributed by atoms with van der Waals surface area (Å²) in [4.78, 5) is 3.83. The van der Waals surface area contributed by atoms with Gasteiger partial charge in [0, 0.05) is 12.1 Å². The van der Waals surface area contributed by atoms with Gasteiger partial charge in [0.1, 0.15) is 16.4 Å². The Morgan fingerprint density at radius 2 is 1.95 bits per heavy atom. The number of hydrogen-bond acceptors (Lipinski definition) is 5. The topological polar surface area (TPSA) is 91.5 Å². The summed E-state index contributed by atoms with van der Waals surface area (Å²) in [7, 11) is -3.74. The first kappa shape index (κ1) is 14.3. The van der Waals surface area contributed by atoms with Crippen LogP contribution in [0.1, 0.15) is 6.92 Å². The van der Waals surface area contributed by atoms with Crippen LogP contribution in [0.4, 0.5) is 0 Å². The Morgan fingerprint density at radius 1 is 1.20 bits per heavy atom. The maximum atomic E-state index is 11.1. The largest absolute Gasteiger partial charge is 0.494 e. The molecule has 0 saturated carbocycles. The third-order valence-corrected chi connectivity index (χ3v) is 3.28. The van der Waals surface area contributed by atoms with E-state index in [0.29, 0.717) is 18.1 Å². The van der Waals surface area contributed by atoms with E-state index in [-0.39, 0.29) is 10.8 Å². The lowest BCUT2D eigenvalue weighted by Crippen LogP contribution is -2.12. The van der Waals surface area contributed by atoms with Crippen LogP contribution >= 0.6 is 0 Å². The lowest BCUT2D eigenvalue weighted by Gasteiger charge is -2.07. The van der Waals surface area contributed by atoms with Crippen molar-refractivity contribution in [1.29, 1.82) is 0 Å². The van der Waals surface area contributed by atoms with E-state index < -0.39 is 10.0 Å². The number of benzene rings is 1. The highest BCUT2D eigenvalue weighted by atomic mass is 32.2. The third kappa shape index (κ3) is 3.69. The highest BCUT2D eigenvalue weighted by Crippen LogP contribution is 2.24. The summed E-state index contributed by atoms with van der Waals surface area (Å²) in [6, 6.07) is 9.85. The van der Waals surface area contributed by atoms with Crippen LogP contribution in [0.25, 0.3) is 0 Å². The van der Waals surface area contributed by atoms with E-state index in [9.17, 15) is 8.42 Å². The van der Waals surface area contributed by atoms with Gasteiger partial charge in [0.15, 0.2) is 0 Å². The number of hydrogen-bond donors (Lipinski definition) is 1. The minimum Gasteiger partial charge on any atom is -0.494 e. The zero-order valence-corrected chi connectivity index (χ0v) is 11.6. The summed E-state index contributed by atoms with van der Waals surface area (Å²) >= 11 is 0. The standard InChI is InChI=1S/C13H14N2O4S/c1-2-18-10-4-3-5-11(8-10)19-13-7-6-12(9-15-13)20(14,16)17/h3-9H,2H2,1H3,(H2,14,16,17). The van der Waals surface area contributed by atoms with Crippen LogP contribution in [0.5, 0.6) is 17.4 Å². The Bertz CT molecular complexity index is 684. The molecule has 0 aliphatic rings. The summed E-state index contributed by atoms with van der Waals surface area (Å²) < 4.78 is 33.1. The average molecular weight is 294 g/mol. The molecule has 0 unspecified atom stereocenters. The summed E-state index contributed by atoms with van der Waals surface area (Å²) in [6.45, 7) is 2.45. The van der Waals surface area contributed by atoms with E-state index in [1.165, 1.54) is 12.1 Å². The molecule has 0 atom stereocenters. The minimum absolute atomic E-state index is 0.0621. The molecule has 1 aromatic carbocycles. The van der Waals surface area contributed by atoms with Crippen LogP contribution in [0.2, 0.25) is 0 Å². The van der Waals surface area contributed by atoms with Crippen molar-refractivity contribution in [2.75, 3.05) is 6.61 Å². The second-order valence-corrected chi connectivity index (χ2v) is 5.45. The van der Waals surface area contributed by atoms with Crippen LogP contribution < -0.4 is 14.6 Å². The van der Waals surface area contributed by atoms with E-state index in [2.05, 4.69) is 4.98 Å². The molecule has 20 heavy (non-hydrogen) atoms. The predicted molar refractivity (Wildman–Crippen MR) is 73.3 cm³/mol. The van der Waals surface area contributed by atoms with Gasteiger partial charge in [-0.15, -0.1) is 0 Å². The molecule has 2 rings (SSSR count). The first-order valence-corrected chi connectivity index (χ1v) is 7.43. The van der Waals surface area contributed by atoms with Gasteiger partial charge in [-0.3, -0.25) is 0 Å². The third-order valence-electron chi connectivity index (χ3n) is 2.38. The normalized spacial score (nSPS) is 11.1. The van der Waals surface area contributed by atoms with Crippen molar-refractivity contribution in [2.24, 2.45) is 5.14 Å². The number of primary sulfonamides is 1. The summed E-state index contributed by atoms with van der Waals surface area (Å²) in [6.07, 6.45) is 1.15. The van der Waals surface area contributed by atoms with Gasteiger partial charge in [-0.1, -0.05) is 6.07 Å². The SMILES string of the molecule is CCOc1cccc(Oc2ccc(S(N)(=O)=O)cn2)c1. The van der Waals surface area contributed by atoms with E-state index in [1.807, 2.05) is 13.0 Å². The molecular formula is C13H14N2O4S. The van der Waals surface area contributed by atoms with E-state index in [4.69, 9.17) is 14.6 Å². The van der Waals surface area contributed by atoms with Gasteiger partial charge >= 0.3 is 0 Å². The molecule has 2 N–H and O–H groups in total. The molecule has 106 valence electrons. The number of pyridine rings is 1. The molecule has 1 heterocycles. The van der Waals surface area contributed by atoms with Crippen LogP contribution in [0.3, 0.4) is 0 Å². The smallest absolute Gasteiger partial charge is 0.239 e. The zero-order chi connectivity index (χ0) is 14.6. The summed E-state index contributed by atoms with van der Waals surface area (Å²) in [5.41, 5.74) is 0. The fourth-order valence-electron chi connectivity index (χ4n) is 1.51. The minimum atomic E-state index is -3.74. The fourth-order valence-corrected chi connectivity index (χ4v) is 1.97. The molecule has 0 spiro atoms. The first-order valence-electron chi connectivity index (χ1n) is 5.88. The fraction of sp³-hybridized carbons (Fsp3) is 0.154. The van der Waals surface area contributed by atoms with Crippen LogP contribution in [0, 0.1) is 0 Å². The number of nitrogens with two attached hydrogens (primary N) is 1. The van der Waals surface area contributed by atoms with Crippen molar-refractivity contribution < 1.29 is 17.9 Å². The van der Waals surface area contributed by atoms with Crippen molar-refractivity contribution in [3.05, 3.63) is 42.6 Å². The van der Waals surface area contributed by atoms with Gasteiger partial charge in [0.05, 0.1) is 12.8 Å². The van der Waals surface area contributed by atoms with Crippen molar-refractivity contribution in [3.8, 4) is 17.4 Å². The van der Waals surface area contributed by atoms with Crippen molar-refractivity contribution in [1.82, 2.24) is 4.98 Å². The molecule has 0 aliphatic heterocycles. The lowest BCUT2D eigenvalue weighted by atomic mass is 10.3. The number of ether oxygens (including phenoxy) is 2.